The summed E-state index contributed by atoms with van der Waals surface area (Å²) in [5.74, 6) is -0.593. The molecule has 0 unspecified atom stereocenters. The molecule has 0 fully saturated rings. The smallest absolute Gasteiger partial charge is 0.303 e. The molecule has 2 heterocycles. The fourth-order valence-corrected chi connectivity index (χ4v) is 3.13. The van der Waals surface area contributed by atoms with Gasteiger partial charge in [0.2, 0.25) is 0 Å². The maximum atomic E-state index is 11.6. The van der Waals surface area contributed by atoms with Crippen LogP contribution in [0.2, 0.25) is 0 Å². The van der Waals surface area contributed by atoms with Gasteiger partial charge in [0.1, 0.15) is 0 Å². The Labute approximate surface area is 154 Å². The van der Waals surface area contributed by atoms with E-state index in [0.29, 0.717) is 22.8 Å². The highest BCUT2D eigenvalue weighted by atomic mass is 32.2. The molecule has 2 aromatic heterocycles. The summed E-state index contributed by atoms with van der Waals surface area (Å²) in [5, 5.41) is 19.5. The van der Waals surface area contributed by atoms with Crippen LogP contribution in [0.25, 0.3) is 17.1 Å². The Hall–Kier alpha value is -3.27. The monoisotopic (exact) mass is 388 g/mol. The number of carbonyl (C=O) groups is 1. The highest BCUT2D eigenvalue weighted by Crippen LogP contribution is 2.25. The quantitative estimate of drug-likeness (QED) is 0.644. The molecule has 0 bridgehead atoms. The van der Waals surface area contributed by atoms with Crippen LogP contribution in [0.15, 0.2) is 52.2 Å². The number of hydrogen-bond acceptors (Lipinski definition) is 6. The molecule has 140 valence electrons. The van der Waals surface area contributed by atoms with Crippen LogP contribution in [-0.4, -0.2) is 45.7 Å². The molecule has 0 amide bonds. The lowest BCUT2D eigenvalue weighted by molar-refractivity contribution is -0.136. The van der Waals surface area contributed by atoms with Gasteiger partial charge >= 0.3 is 5.97 Å². The molecule has 1 aromatic carbocycles. The fraction of sp³-hybridized carbons (Fsp3) is 0.176. The number of H-pyrrole nitrogens is 1. The van der Waals surface area contributed by atoms with Crippen molar-refractivity contribution in [3.63, 3.8) is 0 Å². The van der Waals surface area contributed by atoms with Gasteiger partial charge in [0.05, 0.1) is 22.7 Å². The van der Waals surface area contributed by atoms with E-state index in [1.807, 2.05) is 0 Å². The van der Waals surface area contributed by atoms with E-state index in [1.165, 1.54) is 28.9 Å². The molecule has 0 aliphatic heterocycles. The van der Waals surface area contributed by atoms with Gasteiger partial charge in [-0.25, -0.2) is 18.2 Å². The number of carboxylic acids is 1. The zero-order valence-corrected chi connectivity index (χ0v) is 15.1. The van der Waals surface area contributed by atoms with E-state index >= 15 is 0 Å². The summed E-state index contributed by atoms with van der Waals surface area (Å²) in [4.78, 5) is 22.3. The van der Waals surface area contributed by atoms with Crippen LogP contribution in [0, 0.1) is 0 Å². The standard InChI is InChI=1S/C17H16N4O5S/c1-27(25,26)13-5-2-11(3-6-13)14-10-12(4-9-17(23)24)20-21(14)15-7-8-16(22)19-18-15/h2-3,5-8,10H,4,9H2,1H3,(H,19,22)(H,23,24). The zero-order valence-electron chi connectivity index (χ0n) is 14.3. The summed E-state index contributed by atoms with van der Waals surface area (Å²) in [5.41, 5.74) is 1.43. The van der Waals surface area contributed by atoms with Crippen LogP contribution in [0.4, 0.5) is 0 Å². The molecule has 0 spiro atoms. The van der Waals surface area contributed by atoms with Crippen molar-refractivity contribution in [2.75, 3.05) is 6.26 Å². The Kier molecular flexibility index (Phi) is 4.91. The maximum absolute atomic E-state index is 11.6. The van der Waals surface area contributed by atoms with E-state index in [0.717, 1.165) is 6.26 Å². The SMILES string of the molecule is CS(=O)(=O)c1ccc(-c2cc(CCC(=O)O)nn2-c2ccc(=O)[nH]n2)cc1. The summed E-state index contributed by atoms with van der Waals surface area (Å²) in [6, 6.07) is 10.7. The van der Waals surface area contributed by atoms with Gasteiger partial charge in [-0.15, -0.1) is 0 Å². The third-order valence-corrected chi connectivity index (χ3v) is 4.94. The second-order valence-electron chi connectivity index (χ2n) is 5.90. The molecule has 0 atom stereocenters. The van der Waals surface area contributed by atoms with Gasteiger partial charge in [-0.3, -0.25) is 9.59 Å². The third-order valence-electron chi connectivity index (χ3n) is 3.81. The number of rotatable bonds is 6. The lowest BCUT2D eigenvalue weighted by atomic mass is 10.1. The van der Waals surface area contributed by atoms with E-state index in [-0.39, 0.29) is 23.3 Å². The summed E-state index contributed by atoms with van der Waals surface area (Å²) in [6.07, 6.45) is 1.27. The van der Waals surface area contributed by atoms with Gasteiger partial charge in [-0.05, 0) is 24.3 Å². The number of aromatic amines is 1. The van der Waals surface area contributed by atoms with Crippen LogP contribution in [0.1, 0.15) is 12.1 Å². The molecular weight excluding hydrogens is 372 g/mol. The predicted molar refractivity (Wildman–Crippen MR) is 96.5 cm³/mol. The number of nitrogens with zero attached hydrogens (tertiary/aromatic N) is 3. The maximum Gasteiger partial charge on any atom is 0.303 e. The Morgan fingerprint density at radius 3 is 2.44 bits per heavy atom. The first-order valence-electron chi connectivity index (χ1n) is 7.91. The molecule has 0 saturated carbocycles. The highest BCUT2D eigenvalue weighted by Gasteiger charge is 2.15. The Morgan fingerprint density at radius 1 is 1.19 bits per heavy atom. The van der Waals surface area contributed by atoms with Crippen molar-refractivity contribution in [2.45, 2.75) is 17.7 Å². The molecule has 27 heavy (non-hydrogen) atoms. The number of benzene rings is 1. The van der Waals surface area contributed by atoms with E-state index in [1.54, 1.807) is 18.2 Å². The lowest BCUT2D eigenvalue weighted by Crippen LogP contribution is -2.11. The van der Waals surface area contributed by atoms with Crippen molar-refractivity contribution in [1.82, 2.24) is 20.0 Å². The van der Waals surface area contributed by atoms with Crippen LogP contribution in [0.5, 0.6) is 0 Å². The molecule has 2 N–H and O–H groups in total. The lowest BCUT2D eigenvalue weighted by Gasteiger charge is -2.07. The van der Waals surface area contributed by atoms with Crippen molar-refractivity contribution in [3.05, 3.63) is 58.5 Å². The molecule has 0 saturated heterocycles. The van der Waals surface area contributed by atoms with Gasteiger partial charge in [0, 0.05) is 24.3 Å². The topological polar surface area (TPSA) is 135 Å². The number of aliphatic carboxylic acids is 1. The minimum absolute atomic E-state index is 0.0808. The molecule has 10 heteroatoms. The second kappa shape index (κ2) is 7.16. The molecule has 0 aliphatic carbocycles. The number of carboxylic acid groups (broad SMARTS) is 1. The number of hydrogen-bond donors (Lipinski definition) is 2. The zero-order chi connectivity index (χ0) is 19.6. The van der Waals surface area contributed by atoms with E-state index in [4.69, 9.17) is 5.11 Å². The summed E-state index contributed by atoms with van der Waals surface area (Å²) >= 11 is 0. The van der Waals surface area contributed by atoms with Gasteiger partial charge in [-0.1, -0.05) is 12.1 Å². The minimum Gasteiger partial charge on any atom is -0.481 e. The van der Waals surface area contributed by atoms with Crippen LogP contribution >= 0.6 is 0 Å². The average molecular weight is 388 g/mol. The highest BCUT2D eigenvalue weighted by molar-refractivity contribution is 7.90. The third kappa shape index (κ3) is 4.29. The Balaban J connectivity index is 2.07. The molecule has 3 aromatic rings. The Bertz CT molecular complexity index is 1130. The van der Waals surface area contributed by atoms with Gasteiger partial charge < -0.3 is 5.11 Å². The van der Waals surface area contributed by atoms with Gasteiger partial charge in [0.25, 0.3) is 5.56 Å². The molecule has 3 rings (SSSR count). The molecule has 9 nitrogen and oxygen atoms in total. The summed E-state index contributed by atoms with van der Waals surface area (Å²) in [7, 11) is -3.32. The predicted octanol–water partition coefficient (Wildman–Crippen LogP) is 1.04. The van der Waals surface area contributed by atoms with Crippen molar-refractivity contribution in [2.24, 2.45) is 0 Å². The van der Waals surface area contributed by atoms with E-state index in [2.05, 4.69) is 15.3 Å². The first-order chi connectivity index (χ1) is 12.7. The molecule has 0 radical (unpaired) electrons. The van der Waals surface area contributed by atoms with Gasteiger partial charge in [0.15, 0.2) is 15.7 Å². The van der Waals surface area contributed by atoms with Crippen molar-refractivity contribution in [1.29, 1.82) is 0 Å². The van der Waals surface area contributed by atoms with Crippen LogP contribution in [-0.2, 0) is 21.1 Å². The number of sulfone groups is 1. The number of aromatic nitrogens is 4. The summed E-state index contributed by atoms with van der Waals surface area (Å²) < 4.78 is 24.7. The Morgan fingerprint density at radius 2 is 1.89 bits per heavy atom. The molecule has 0 aliphatic rings. The normalized spacial score (nSPS) is 11.4. The largest absolute Gasteiger partial charge is 0.481 e. The number of aryl methyl sites for hydroxylation is 1. The average Bonchev–Trinajstić information content (AvgIpc) is 3.04. The van der Waals surface area contributed by atoms with E-state index < -0.39 is 15.8 Å². The van der Waals surface area contributed by atoms with E-state index in [9.17, 15) is 18.0 Å². The van der Waals surface area contributed by atoms with Crippen LogP contribution < -0.4 is 5.56 Å². The van der Waals surface area contributed by atoms with Crippen molar-refractivity contribution >= 4 is 15.8 Å². The first kappa shape index (κ1) is 18.5. The van der Waals surface area contributed by atoms with Crippen molar-refractivity contribution in [3.8, 4) is 17.1 Å². The first-order valence-corrected chi connectivity index (χ1v) is 9.80. The number of nitrogens with one attached hydrogen (secondary N) is 1. The second-order valence-corrected chi connectivity index (χ2v) is 7.92. The summed E-state index contributed by atoms with van der Waals surface area (Å²) in [6.45, 7) is 0. The molecular formula is C17H16N4O5S. The van der Waals surface area contributed by atoms with Gasteiger partial charge in [-0.2, -0.15) is 10.2 Å². The minimum atomic E-state index is -3.32. The fourth-order valence-electron chi connectivity index (χ4n) is 2.50. The van der Waals surface area contributed by atoms with Crippen molar-refractivity contribution < 1.29 is 18.3 Å². The van der Waals surface area contributed by atoms with Crippen LogP contribution in [0.3, 0.4) is 0 Å².